The van der Waals surface area contributed by atoms with Gasteiger partial charge in [0.15, 0.2) is 5.75 Å². The van der Waals surface area contributed by atoms with Crippen LogP contribution in [0.25, 0.3) is 11.0 Å². The zero-order chi connectivity index (χ0) is 19.4. The molecule has 2 aromatic carbocycles. The lowest BCUT2D eigenvalue weighted by molar-refractivity contribution is -0.384. The molecule has 0 aliphatic heterocycles. The van der Waals surface area contributed by atoms with Crippen LogP contribution in [0.3, 0.4) is 0 Å². The van der Waals surface area contributed by atoms with Crippen molar-refractivity contribution in [3.8, 4) is 5.75 Å². The molecular weight excluding hydrogens is 350 g/mol. The summed E-state index contributed by atoms with van der Waals surface area (Å²) in [5.41, 5.74) is -0.140. The van der Waals surface area contributed by atoms with Crippen molar-refractivity contribution >= 4 is 22.6 Å². The SMILES string of the molecule is CCCCc1c(OC(=O)c2cccc([N+](=O)[O-])c2)c2ccccc2oc1=O. The molecule has 1 heterocycles. The minimum Gasteiger partial charge on any atom is -0.422 e. The van der Waals surface area contributed by atoms with Crippen molar-refractivity contribution in [2.45, 2.75) is 26.2 Å². The number of non-ortho nitro benzene ring substituents is 1. The van der Waals surface area contributed by atoms with Crippen molar-refractivity contribution in [3.05, 3.63) is 80.2 Å². The molecule has 3 rings (SSSR count). The molecule has 0 radical (unpaired) electrons. The summed E-state index contributed by atoms with van der Waals surface area (Å²) in [6, 6.07) is 12.0. The molecule has 0 bridgehead atoms. The van der Waals surface area contributed by atoms with Gasteiger partial charge in [-0.15, -0.1) is 0 Å². The number of nitro benzene ring substituents is 1. The van der Waals surface area contributed by atoms with Crippen LogP contribution >= 0.6 is 0 Å². The molecular formula is C20H17NO6. The molecule has 1 aromatic heterocycles. The van der Waals surface area contributed by atoms with Gasteiger partial charge in [0.25, 0.3) is 5.69 Å². The first-order valence-corrected chi connectivity index (χ1v) is 8.52. The fourth-order valence-corrected chi connectivity index (χ4v) is 2.74. The zero-order valence-corrected chi connectivity index (χ0v) is 14.6. The van der Waals surface area contributed by atoms with E-state index in [0.29, 0.717) is 17.4 Å². The third-order valence-electron chi connectivity index (χ3n) is 4.12. The van der Waals surface area contributed by atoms with Crippen molar-refractivity contribution in [3.63, 3.8) is 0 Å². The Morgan fingerprint density at radius 3 is 2.70 bits per heavy atom. The molecule has 0 unspecified atom stereocenters. The first kappa shape index (κ1) is 18.3. The van der Waals surface area contributed by atoms with Crippen molar-refractivity contribution in [1.82, 2.24) is 0 Å². The number of hydrogen-bond acceptors (Lipinski definition) is 6. The van der Waals surface area contributed by atoms with Crippen LogP contribution in [-0.4, -0.2) is 10.9 Å². The van der Waals surface area contributed by atoms with Crippen LogP contribution in [-0.2, 0) is 6.42 Å². The number of carbonyl (C=O) groups excluding carboxylic acids is 1. The second-order valence-corrected chi connectivity index (χ2v) is 5.99. The normalized spacial score (nSPS) is 10.7. The van der Waals surface area contributed by atoms with E-state index in [1.165, 1.54) is 18.2 Å². The van der Waals surface area contributed by atoms with Gasteiger partial charge >= 0.3 is 11.6 Å². The Morgan fingerprint density at radius 2 is 1.96 bits per heavy atom. The van der Waals surface area contributed by atoms with E-state index in [9.17, 15) is 19.7 Å². The van der Waals surface area contributed by atoms with Gasteiger partial charge in [0.1, 0.15) is 5.58 Å². The standard InChI is InChI=1S/C20H17NO6/c1-2-3-9-16-18(15-10-4-5-11-17(15)26-20(16)23)27-19(22)13-7-6-8-14(12-13)21(24)25/h4-8,10-12H,2-3,9H2,1H3. The van der Waals surface area contributed by atoms with Gasteiger partial charge in [0.05, 0.1) is 21.4 Å². The molecule has 0 fully saturated rings. The summed E-state index contributed by atoms with van der Waals surface area (Å²) in [6.07, 6.45) is 1.98. The molecule has 0 N–H and O–H groups in total. The number of unbranched alkanes of at least 4 members (excludes halogenated alkanes) is 1. The predicted octanol–water partition coefficient (Wildman–Crippen LogP) is 4.26. The fraction of sp³-hybridized carbons (Fsp3) is 0.200. The Hall–Kier alpha value is -3.48. The Bertz CT molecular complexity index is 1070. The summed E-state index contributed by atoms with van der Waals surface area (Å²) in [7, 11) is 0. The molecule has 0 atom stereocenters. The largest absolute Gasteiger partial charge is 0.422 e. The van der Waals surface area contributed by atoms with Crippen LogP contribution < -0.4 is 10.4 Å². The van der Waals surface area contributed by atoms with Crippen LogP contribution in [0.15, 0.2) is 57.7 Å². The highest BCUT2D eigenvalue weighted by molar-refractivity contribution is 5.95. The lowest BCUT2D eigenvalue weighted by Crippen LogP contribution is -2.16. The molecule has 0 saturated heterocycles. The van der Waals surface area contributed by atoms with Gasteiger partial charge in [-0.25, -0.2) is 9.59 Å². The summed E-state index contributed by atoms with van der Waals surface area (Å²) < 4.78 is 10.9. The van der Waals surface area contributed by atoms with E-state index in [1.54, 1.807) is 24.3 Å². The van der Waals surface area contributed by atoms with Gasteiger partial charge in [-0.05, 0) is 31.0 Å². The number of para-hydroxylation sites is 1. The van der Waals surface area contributed by atoms with Gasteiger partial charge in [-0.1, -0.05) is 31.5 Å². The zero-order valence-electron chi connectivity index (χ0n) is 14.6. The molecule has 0 aliphatic carbocycles. The van der Waals surface area contributed by atoms with Crippen LogP contribution in [0, 0.1) is 10.1 Å². The van der Waals surface area contributed by atoms with E-state index < -0.39 is 16.5 Å². The van der Waals surface area contributed by atoms with Gasteiger partial charge in [0, 0.05) is 12.1 Å². The second-order valence-electron chi connectivity index (χ2n) is 5.99. The quantitative estimate of drug-likeness (QED) is 0.279. The monoisotopic (exact) mass is 367 g/mol. The Labute approximate surface area is 154 Å². The summed E-state index contributed by atoms with van der Waals surface area (Å²) in [6.45, 7) is 1.98. The van der Waals surface area contributed by atoms with E-state index >= 15 is 0 Å². The van der Waals surface area contributed by atoms with Gasteiger partial charge in [-0.3, -0.25) is 10.1 Å². The first-order valence-electron chi connectivity index (χ1n) is 8.52. The lowest BCUT2D eigenvalue weighted by atomic mass is 10.1. The number of esters is 1. The minimum atomic E-state index is -0.771. The van der Waals surface area contributed by atoms with Gasteiger partial charge in [-0.2, -0.15) is 0 Å². The van der Waals surface area contributed by atoms with Crippen molar-refractivity contribution in [2.75, 3.05) is 0 Å². The molecule has 0 saturated carbocycles. The summed E-state index contributed by atoms with van der Waals surface area (Å²) in [5.74, 6) is -0.626. The lowest BCUT2D eigenvalue weighted by Gasteiger charge is -2.11. The van der Waals surface area contributed by atoms with E-state index in [2.05, 4.69) is 0 Å². The van der Waals surface area contributed by atoms with E-state index in [4.69, 9.17) is 9.15 Å². The summed E-state index contributed by atoms with van der Waals surface area (Å²) in [5, 5.41) is 11.4. The van der Waals surface area contributed by atoms with Crippen molar-refractivity contribution in [1.29, 1.82) is 0 Å². The number of fused-ring (bicyclic) bond motifs is 1. The summed E-state index contributed by atoms with van der Waals surface area (Å²) in [4.78, 5) is 35.3. The molecule has 7 heteroatoms. The topological polar surface area (TPSA) is 99.7 Å². The molecule has 0 aliphatic rings. The highest BCUT2D eigenvalue weighted by atomic mass is 16.6. The second kappa shape index (κ2) is 7.82. The smallest absolute Gasteiger partial charge is 0.343 e. The van der Waals surface area contributed by atoms with E-state index in [0.717, 1.165) is 18.9 Å². The highest BCUT2D eigenvalue weighted by Gasteiger charge is 2.20. The van der Waals surface area contributed by atoms with Crippen LogP contribution in [0.1, 0.15) is 35.7 Å². The number of hydrogen-bond donors (Lipinski definition) is 0. The number of nitro groups is 1. The maximum Gasteiger partial charge on any atom is 0.343 e. The Balaban J connectivity index is 2.07. The van der Waals surface area contributed by atoms with Crippen LogP contribution in [0.2, 0.25) is 0 Å². The Kier molecular flexibility index (Phi) is 5.30. The van der Waals surface area contributed by atoms with Gasteiger partial charge < -0.3 is 9.15 Å². The maximum absolute atomic E-state index is 12.6. The number of carbonyl (C=O) groups is 1. The third-order valence-corrected chi connectivity index (χ3v) is 4.12. The van der Waals surface area contributed by atoms with Gasteiger partial charge in [0.2, 0.25) is 0 Å². The van der Waals surface area contributed by atoms with Crippen molar-refractivity contribution in [2.24, 2.45) is 0 Å². The average Bonchev–Trinajstić information content (AvgIpc) is 2.67. The highest BCUT2D eigenvalue weighted by Crippen LogP contribution is 2.29. The number of ether oxygens (including phenoxy) is 1. The maximum atomic E-state index is 12.6. The molecule has 0 amide bonds. The molecule has 3 aromatic rings. The molecule has 27 heavy (non-hydrogen) atoms. The first-order chi connectivity index (χ1) is 13.0. The average molecular weight is 367 g/mol. The van der Waals surface area contributed by atoms with Crippen LogP contribution in [0.4, 0.5) is 5.69 Å². The third kappa shape index (κ3) is 3.87. The van der Waals surface area contributed by atoms with Crippen molar-refractivity contribution < 1.29 is 18.9 Å². The Morgan fingerprint density at radius 1 is 1.19 bits per heavy atom. The molecule has 0 spiro atoms. The number of benzene rings is 2. The predicted molar refractivity (Wildman–Crippen MR) is 99.2 cm³/mol. The number of rotatable bonds is 6. The van der Waals surface area contributed by atoms with E-state index in [1.807, 2.05) is 6.92 Å². The molecule has 7 nitrogen and oxygen atoms in total. The minimum absolute atomic E-state index is 0.0305. The van der Waals surface area contributed by atoms with Crippen LogP contribution in [0.5, 0.6) is 5.75 Å². The fourth-order valence-electron chi connectivity index (χ4n) is 2.74. The van der Waals surface area contributed by atoms with E-state index in [-0.39, 0.29) is 22.6 Å². The summed E-state index contributed by atoms with van der Waals surface area (Å²) >= 11 is 0. The number of nitrogens with zero attached hydrogens (tertiary/aromatic N) is 1. The molecule has 138 valence electrons.